The third-order valence-corrected chi connectivity index (χ3v) is 4.55. The quantitative estimate of drug-likeness (QED) is 0.684. The van der Waals surface area contributed by atoms with E-state index in [9.17, 15) is 18.0 Å². The summed E-state index contributed by atoms with van der Waals surface area (Å²) < 4.78 is 39.7. The van der Waals surface area contributed by atoms with Gasteiger partial charge in [0.1, 0.15) is 0 Å². The first kappa shape index (κ1) is 18.6. The van der Waals surface area contributed by atoms with Gasteiger partial charge in [0.05, 0.1) is 15.6 Å². The molecular formula is C16H13Cl2F3N4O. The highest BCUT2D eigenvalue weighted by Crippen LogP contribution is 2.31. The zero-order valence-electron chi connectivity index (χ0n) is 13.4. The van der Waals surface area contributed by atoms with Gasteiger partial charge in [-0.25, -0.2) is 0 Å². The van der Waals surface area contributed by atoms with Crippen LogP contribution in [0.5, 0.6) is 0 Å². The maximum Gasteiger partial charge on any atom is 0.435 e. The number of hydrogen-bond donors (Lipinski definition) is 2. The SMILES string of the molecule is Cn1cc(C(=O)NCCc2c[nH]c3cc(Cl)c(Cl)cc23)c(C(F)(F)F)n1. The van der Waals surface area contributed by atoms with Crippen LogP contribution in [0.1, 0.15) is 21.6 Å². The average molecular weight is 405 g/mol. The highest BCUT2D eigenvalue weighted by Gasteiger charge is 2.38. The molecule has 0 saturated carbocycles. The zero-order chi connectivity index (χ0) is 19.1. The van der Waals surface area contributed by atoms with Gasteiger partial charge < -0.3 is 10.3 Å². The first-order valence-corrected chi connectivity index (χ1v) is 8.26. The minimum Gasteiger partial charge on any atom is -0.361 e. The van der Waals surface area contributed by atoms with E-state index in [0.717, 1.165) is 27.3 Å². The normalized spacial score (nSPS) is 11.9. The van der Waals surface area contributed by atoms with Gasteiger partial charge >= 0.3 is 6.18 Å². The first-order valence-electron chi connectivity index (χ1n) is 7.51. The lowest BCUT2D eigenvalue weighted by atomic mass is 10.1. The predicted molar refractivity (Wildman–Crippen MR) is 92.6 cm³/mol. The number of H-pyrrole nitrogens is 1. The monoisotopic (exact) mass is 404 g/mol. The van der Waals surface area contributed by atoms with Crippen LogP contribution in [0.4, 0.5) is 13.2 Å². The van der Waals surface area contributed by atoms with E-state index in [1.165, 1.54) is 7.05 Å². The number of aryl methyl sites for hydroxylation is 1. The van der Waals surface area contributed by atoms with E-state index < -0.39 is 23.3 Å². The van der Waals surface area contributed by atoms with Crippen molar-refractivity contribution in [1.82, 2.24) is 20.1 Å². The molecule has 0 fully saturated rings. The summed E-state index contributed by atoms with van der Waals surface area (Å²) in [5, 5.41) is 7.46. The van der Waals surface area contributed by atoms with Gasteiger partial charge in [-0.2, -0.15) is 18.3 Å². The Labute approximate surface area is 156 Å². The molecule has 138 valence electrons. The molecule has 0 aliphatic carbocycles. The van der Waals surface area contributed by atoms with Gasteiger partial charge in [-0.3, -0.25) is 9.48 Å². The molecule has 1 amide bonds. The second kappa shape index (κ2) is 6.85. The number of aromatic nitrogens is 3. The molecule has 26 heavy (non-hydrogen) atoms. The number of nitrogens with zero attached hydrogens (tertiary/aromatic N) is 2. The first-order chi connectivity index (χ1) is 12.2. The van der Waals surface area contributed by atoms with Crippen molar-refractivity contribution in [3.63, 3.8) is 0 Å². The summed E-state index contributed by atoms with van der Waals surface area (Å²) in [5.74, 6) is -0.827. The van der Waals surface area contributed by atoms with Gasteiger partial charge in [0.15, 0.2) is 5.69 Å². The van der Waals surface area contributed by atoms with Gasteiger partial charge in [-0.05, 0) is 24.1 Å². The van der Waals surface area contributed by atoms with E-state index in [2.05, 4.69) is 15.4 Å². The molecule has 0 aliphatic rings. The number of carbonyl (C=O) groups is 1. The molecule has 2 aromatic heterocycles. The molecule has 0 saturated heterocycles. The molecule has 0 radical (unpaired) electrons. The van der Waals surface area contributed by atoms with Crippen LogP contribution in [0, 0.1) is 0 Å². The van der Waals surface area contributed by atoms with Gasteiger partial charge in [-0.15, -0.1) is 0 Å². The second-order valence-corrected chi connectivity index (χ2v) is 6.51. The van der Waals surface area contributed by atoms with Crippen molar-refractivity contribution in [1.29, 1.82) is 0 Å². The molecule has 10 heteroatoms. The van der Waals surface area contributed by atoms with Crippen LogP contribution >= 0.6 is 23.2 Å². The topological polar surface area (TPSA) is 62.7 Å². The van der Waals surface area contributed by atoms with Crippen LogP contribution in [-0.2, 0) is 19.6 Å². The maximum absolute atomic E-state index is 12.9. The predicted octanol–water partition coefficient (Wildman–Crippen LogP) is 4.20. The van der Waals surface area contributed by atoms with Crippen LogP contribution in [-0.4, -0.2) is 27.2 Å². The summed E-state index contributed by atoms with van der Waals surface area (Å²) >= 11 is 12.0. The molecule has 3 rings (SSSR count). The highest BCUT2D eigenvalue weighted by atomic mass is 35.5. The van der Waals surface area contributed by atoms with Crippen molar-refractivity contribution in [2.45, 2.75) is 12.6 Å². The fourth-order valence-corrected chi connectivity index (χ4v) is 2.98. The lowest BCUT2D eigenvalue weighted by Gasteiger charge is -2.07. The fraction of sp³-hybridized carbons (Fsp3) is 0.250. The summed E-state index contributed by atoms with van der Waals surface area (Å²) in [5.41, 5.74) is -0.0618. The number of amides is 1. The summed E-state index contributed by atoms with van der Waals surface area (Å²) in [7, 11) is 1.33. The Morgan fingerprint density at radius 1 is 1.31 bits per heavy atom. The Kier molecular flexibility index (Phi) is 4.90. The average Bonchev–Trinajstić information content (AvgIpc) is 3.12. The van der Waals surface area contributed by atoms with E-state index in [-0.39, 0.29) is 6.54 Å². The molecule has 0 spiro atoms. The molecule has 0 atom stereocenters. The molecule has 3 aromatic rings. The molecule has 2 heterocycles. The van der Waals surface area contributed by atoms with E-state index in [1.807, 2.05) is 0 Å². The number of benzene rings is 1. The molecule has 0 aliphatic heterocycles. The number of alkyl halides is 3. The standard InChI is InChI=1S/C16H13Cl2F3N4O/c1-25-7-10(14(24-25)16(19,20)21)15(26)22-3-2-8-6-23-13-5-12(18)11(17)4-9(8)13/h4-7,23H,2-3H2,1H3,(H,22,26). The number of carbonyl (C=O) groups excluding carboxylic acids is 1. The van der Waals surface area contributed by atoms with Crippen molar-refractivity contribution in [3.05, 3.63) is 51.4 Å². The van der Waals surface area contributed by atoms with E-state index in [1.54, 1.807) is 18.3 Å². The number of aromatic amines is 1. The fourth-order valence-electron chi connectivity index (χ4n) is 2.65. The Morgan fingerprint density at radius 3 is 2.69 bits per heavy atom. The molecule has 5 nitrogen and oxygen atoms in total. The number of halogens is 5. The molecular weight excluding hydrogens is 392 g/mol. The van der Waals surface area contributed by atoms with Crippen molar-refractivity contribution >= 4 is 40.0 Å². The van der Waals surface area contributed by atoms with Gasteiger partial charge in [0.2, 0.25) is 0 Å². The van der Waals surface area contributed by atoms with Crippen LogP contribution in [0.3, 0.4) is 0 Å². The second-order valence-electron chi connectivity index (χ2n) is 5.69. The molecule has 0 unspecified atom stereocenters. The van der Waals surface area contributed by atoms with Crippen LogP contribution in [0.15, 0.2) is 24.5 Å². The Hall–Kier alpha value is -2.19. The summed E-state index contributed by atoms with van der Waals surface area (Å²) in [4.78, 5) is 15.1. The third kappa shape index (κ3) is 3.66. The van der Waals surface area contributed by atoms with Gasteiger partial charge in [0, 0.05) is 36.9 Å². The minimum absolute atomic E-state index is 0.151. The van der Waals surface area contributed by atoms with Crippen molar-refractivity contribution in [2.75, 3.05) is 6.54 Å². The summed E-state index contributed by atoms with van der Waals surface area (Å²) in [6, 6.07) is 3.39. The smallest absolute Gasteiger partial charge is 0.361 e. The maximum atomic E-state index is 12.9. The minimum atomic E-state index is -4.69. The number of rotatable bonds is 4. The van der Waals surface area contributed by atoms with E-state index >= 15 is 0 Å². The van der Waals surface area contributed by atoms with Crippen LogP contribution in [0.2, 0.25) is 10.0 Å². The number of fused-ring (bicyclic) bond motifs is 1. The summed E-state index contributed by atoms with van der Waals surface area (Å²) in [6.07, 6.45) is -1.49. The van der Waals surface area contributed by atoms with Gasteiger partial charge in [-0.1, -0.05) is 23.2 Å². The zero-order valence-corrected chi connectivity index (χ0v) is 14.9. The van der Waals surface area contributed by atoms with E-state index in [0.29, 0.717) is 16.5 Å². The largest absolute Gasteiger partial charge is 0.435 e. The van der Waals surface area contributed by atoms with Gasteiger partial charge in [0.25, 0.3) is 5.91 Å². The highest BCUT2D eigenvalue weighted by molar-refractivity contribution is 6.42. The molecule has 1 aromatic carbocycles. The Balaban J connectivity index is 1.71. The van der Waals surface area contributed by atoms with E-state index in [4.69, 9.17) is 23.2 Å². The third-order valence-electron chi connectivity index (χ3n) is 3.83. The van der Waals surface area contributed by atoms with Crippen LogP contribution < -0.4 is 5.32 Å². The Bertz CT molecular complexity index is 978. The van der Waals surface area contributed by atoms with Crippen molar-refractivity contribution < 1.29 is 18.0 Å². The lowest BCUT2D eigenvalue weighted by Crippen LogP contribution is -2.27. The lowest BCUT2D eigenvalue weighted by molar-refractivity contribution is -0.141. The van der Waals surface area contributed by atoms with Crippen molar-refractivity contribution in [2.24, 2.45) is 7.05 Å². The molecule has 2 N–H and O–H groups in total. The van der Waals surface area contributed by atoms with Crippen molar-refractivity contribution in [3.8, 4) is 0 Å². The number of hydrogen-bond acceptors (Lipinski definition) is 2. The Morgan fingerprint density at radius 2 is 2.00 bits per heavy atom. The van der Waals surface area contributed by atoms with Crippen LogP contribution in [0.25, 0.3) is 10.9 Å². The number of nitrogens with one attached hydrogen (secondary N) is 2. The molecule has 0 bridgehead atoms. The summed E-state index contributed by atoms with van der Waals surface area (Å²) in [6.45, 7) is 0.151.